The number of nitrogens with one attached hydrogen (secondary N) is 2. The number of hydrogen-bond acceptors (Lipinski definition) is 6. The standard InChI is InChI=1S/C32H36N4O6S/c1-22(37)34-25-9-13-27(14-10-25)43(39,40)36(26-11-12-26)21-32(38)35(20-23-8-15-30(41-2)31(18-23)42-3)17-16-24-19-33-29-7-5-4-6-28(24)29/h4-10,13-15,18-19,26,33H,11-12,16-17,20-21H2,1-3H3,(H,34,37). The Balaban J connectivity index is 1.39. The molecule has 0 atom stereocenters. The Hall–Kier alpha value is -4.35. The number of carbonyl (C=O) groups excluding carboxylic acids is 2. The van der Waals surface area contributed by atoms with Crippen LogP contribution in [0.15, 0.2) is 77.8 Å². The van der Waals surface area contributed by atoms with E-state index >= 15 is 0 Å². The van der Waals surface area contributed by atoms with E-state index < -0.39 is 10.0 Å². The Kier molecular flexibility index (Phi) is 9.02. The predicted molar refractivity (Wildman–Crippen MR) is 165 cm³/mol. The third-order valence-corrected chi connectivity index (χ3v) is 9.44. The smallest absolute Gasteiger partial charge is 0.243 e. The van der Waals surface area contributed by atoms with Gasteiger partial charge in [0.25, 0.3) is 0 Å². The van der Waals surface area contributed by atoms with Gasteiger partial charge in [-0.2, -0.15) is 4.31 Å². The summed E-state index contributed by atoms with van der Waals surface area (Å²) in [6.45, 7) is 1.77. The zero-order valence-electron chi connectivity index (χ0n) is 24.5. The van der Waals surface area contributed by atoms with Gasteiger partial charge in [0, 0.05) is 48.8 Å². The SMILES string of the molecule is COc1ccc(CN(CCc2c[nH]c3ccccc23)C(=O)CN(C2CC2)S(=O)(=O)c2ccc(NC(C)=O)cc2)cc1OC. The minimum atomic E-state index is -3.96. The first kappa shape index (κ1) is 30.1. The maximum atomic E-state index is 14.0. The van der Waals surface area contributed by atoms with E-state index in [4.69, 9.17) is 9.47 Å². The van der Waals surface area contributed by atoms with Crippen LogP contribution in [0.2, 0.25) is 0 Å². The van der Waals surface area contributed by atoms with Crippen molar-refractivity contribution < 1.29 is 27.5 Å². The lowest BCUT2D eigenvalue weighted by Gasteiger charge is -2.28. The summed E-state index contributed by atoms with van der Waals surface area (Å²) in [5.41, 5.74) is 3.43. The summed E-state index contributed by atoms with van der Waals surface area (Å²) in [6.07, 6.45) is 3.93. The number of sulfonamides is 1. The number of H-pyrrole nitrogens is 1. The summed E-state index contributed by atoms with van der Waals surface area (Å²) in [5.74, 6) is 0.593. The van der Waals surface area contributed by atoms with E-state index in [-0.39, 0.29) is 35.8 Å². The topological polar surface area (TPSA) is 121 Å². The van der Waals surface area contributed by atoms with Crippen LogP contribution in [0.4, 0.5) is 5.69 Å². The van der Waals surface area contributed by atoms with Crippen molar-refractivity contribution in [2.45, 2.75) is 43.7 Å². The van der Waals surface area contributed by atoms with E-state index in [1.54, 1.807) is 37.3 Å². The molecule has 0 radical (unpaired) electrons. The van der Waals surface area contributed by atoms with Crippen LogP contribution in [-0.4, -0.2) is 67.8 Å². The zero-order valence-corrected chi connectivity index (χ0v) is 25.3. The number of aromatic amines is 1. The lowest BCUT2D eigenvalue weighted by molar-refractivity contribution is -0.132. The van der Waals surface area contributed by atoms with Gasteiger partial charge < -0.3 is 24.7 Å². The van der Waals surface area contributed by atoms with Crippen molar-refractivity contribution in [2.24, 2.45) is 0 Å². The molecule has 0 bridgehead atoms. The second kappa shape index (κ2) is 12.9. The number of methoxy groups -OCH3 is 2. The van der Waals surface area contributed by atoms with Gasteiger partial charge in [-0.05, 0) is 72.9 Å². The molecule has 1 fully saturated rings. The Bertz CT molecular complexity index is 1710. The largest absolute Gasteiger partial charge is 0.493 e. The third kappa shape index (κ3) is 7.00. The molecule has 2 amide bonds. The zero-order chi connectivity index (χ0) is 30.6. The quantitative estimate of drug-likeness (QED) is 0.231. The normalized spacial score (nSPS) is 13.2. The number of rotatable bonds is 13. The van der Waals surface area contributed by atoms with Gasteiger partial charge in [-0.15, -0.1) is 0 Å². The van der Waals surface area contributed by atoms with Gasteiger partial charge in [-0.25, -0.2) is 8.42 Å². The van der Waals surface area contributed by atoms with Crippen molar-refractivity contribution in [1.29, 1.82) is 0 Å². The predicted octanol–water partition coefficient (Wildman–Crippen LogP) is 4.57. The Morgan fingerprint density at radius 3 is 2.37 bits per heavy atom. The number of anilines is 1. The molecule has 10 nitrogen and oxygen atoms in total. The monoisotopic (exact) mass is 604 g/mol. The van der Waals surface area contributed by atoms with Crippen molar-refractivity contribution in [3.63, 3.8) is 0 Å². The Morgan fingerprint density at radius 1 is 0.977 bits per heavy atom. The summed E-state index contributed by atoms with van der Waals surface area (Å²) in [4.78, 5) is 30.4. The molecule has 1 heterocycles. The van der Waals surface area contributed by atoms with Crippen molar-refractivity contribution in [3.05, 3.63) is 84.1 Å². The summed E-state index contributed by atoms with van der Waals surface area (Å²) in [5, 5.41) is 3.73. The van der Waals surface area contributed by atoms with Gasteiger partial charge >= 0.3 is 0 Å². The number of amides is 2. The molecule has 3 aromatic carbocycles. The molecule has 43 heavy (non-hydrogen) atoms. The molecule has 0 unspecified atom stereocenters. The van der Waals surface area contributed by atoms with E-state index in [0.29, 0.717) is 43.0 Å². The summed E-state index contributed by atoms with van der Waals surface area (Å²) < 4.78 is 39.6. The molecular formula is C32H36N4O6S. The molecule has 11 heteroatoms. The summed E-state index contributed by atoms with van der Waals surface area (Å²) >= 11 is 0. The number of fused-ring (bicyclic) bond motifs is 1. The van der Waals surface area contributed by atoms with Crippen LogP contribution in [-0.2, 0) is 32.6 Å². The van der Waals surface area contributed by atoms with E-state index in [9.17, 15) is 18.0 Å². The fourth-order valence-electron chi connectivity index (χ4n) is 5.14. The second-order valence-corrected chi connectivity index (χ2v) is 12.5. The van der Waals surface area contributed by atoms with Gasteiger partial charge in [0.2, 0.25) is 21.8 Å². The van der Waals surface area contributed by atoms with Gasteiger partial charge in [0.05, 0.1) is 25.7 Å². The van der Waals surface area contributed by atoms with E-state index in [0.717, 1.165) is 22.0 Å². The van der Waals surface area contributed by atoms with Crippen molar-refractivity contribution >= 4 is 38.4 Å². The van der Waals surface area contributed by atoms with E-state index in [2.05, 4.69) is 10.3 Å². The minimum Gasteiger partial charge on any atom is -0.493 e. The average Bonchev–Trinajstić information content (AvgIpc) is 3.76. The first-order valence-corrected chi connectivity index (χ1v) is 15.6. The molecule has 2 N–H and O–H groups in total. The molecule has 0 aliphatic heterocycles. The van der Waals surface area contributed by atoms with E-state index in [1.165, 1.54) is 23.4 Å². The molecule has 1 saturated carbocycles. The van der Waals surface area contributed by atoms with Gasteiger partial charge in [0.1, 0.15) is 0 Å². The van der Waals surface area contributed by atoms with Crippen molar-refractivity contribution in [1.82, 2.24) is 14.2 Å². The second-order valence-electron chi connectivity index (χ2n) is 10.6. The van der Waals surface area contributed by atoms with Crippen LogP contribution >= 0.6 is 0 Å². The van der Waals surface area contributed by atoms with Crippen LogP contribution in [0.1, 0.15) is 30.9 Å². The van der Waals surface area contributed by atoms with Crippen molar-refractivity contribution in [2.75, 3.05) is 32.6 Å². The molecule has 226 valence electrons. The van der Waals surface area contributed by atoms with Crippen LogP contribution in [0.25, 0.3) is 10.9 Å². The number of hydrogen-bond donors (Lipinski definition) is 2. The fraction of sp³-hybridized carbons (Fsp3) is 0.312. The minimum absolute atomic E-state index is 0.0755. The van der Waals surface area contributed by atoms with Gasteiger partial charge in [-0.3, -0.25) is 9.59 Å². The molecule has 1 aliphatic carbocycles. The van der Waals surface area contributed by atoms with Crippen LogP contribution in [0.3, 0.4) is 0 Å². The molecule has 4 aromatic rings. The van der Waals surface area contributed by atoms with Crippen LogP contribution in [0.5, 0.6) is 11.5 Å². The van der Waals surface area contributed by atoms with Crippen LogP contribution < -0.4 is 14.8 Å². The maximum absolute atomic E-state index is 14.0. The van der Waals surface area contributed by atoms with Crippen LogP contribution in [0, 0.1) is 0 Å². The highest BCUT2D eigenvalue weighted by molar-refractivity contribution is 7.89. The Labute approximate surface area is 251 Å². The maximum Gasteiger partial charge on any atom is 0.243 e. The summed E-state index contributed by atoms with van der Waals surface area (Å²) in [7, 11) is -0.837. The number of para-hydroxylation sites is 1. The lowest BCUT2D eigenvalue weighted by Crippen LogP contribution is -2.44. The first-order valence-electron chi connectivity index (χ1n) is 14.1. The number of nitrogens with zero attached hydrogens (tertiary/aromatic N) is 2. The number of benzene rings is 3. The molecule has 0 saturated heterocycles. The highest BCUT2D eigenvalue weighted by Crippen LogP contribution is 2.33. The third-order valence-electron chi connectivity index (χ3n) is 7.53. The lowest BCUT2D eigenvalue weighted by atomic mass is 10.1. The molecule has 1 aliphatic rings. The van der Waals surface area contributed by atoms with Gasteiger partial charge in [0.15, 0.2) is 11.5 Å². The first-order chi connectivity index (χ1) is 20.7. The van der Waals surface area contributed by atoms with Gasteiger partial charge in [-0.1, -0.05) is 24.3 Å². The number of aromatic nitrogens is 1. The fourth-order valence-corrected chi connectivity index (χ4v) is 6.77. The molecule has 0 spiro atoms. The Morgan fingerprint density at radius 2 is 1.70 bits per heavy atom. The molecule has 5 rings (SSSR count). The number of carbonyl (C=O) groups is 2. The molecular weight excluding hydrogens is 568 g/mol. The van der Waals surface area contributed by atoms with Crippen molar-refractivity contribution in [3.8, 4) is 11.5 Å². The van der Waals surface area contributed by atoms with E-state index in [1.807, 2.05) is 42.6 Å². The molecule has 1 aromatic heterocycles. The highest BCUT2D eigenvalue weighted by atomic mass is 32.2. The average molecular weight is 605 g/mol. The highest BCUT2D eigenvalue weighted by Gasteiger charge is 2.40. The summed E-state index contributed by atoms with van der Waals surface area (Å²) in [6, 6.07) is 19.3. The number of ether oxygens (including phenoxy) is 2.